The normalized spacial score (nSPS) is 21.1. The van der Waals surface area contributed by atoms with Gasteiger partial charge in [-0.1, -0.05) is 13.0 Å². The number of benzene rings is 1. The van der Waals surface area contributed by atoms with Crippen LogP contribution in [0.15, 0.2) is 12.1 Å². The highest BCUT2D eigenvalue weighted by atomic mass is 16.5. The minimum absolute atomic E-state index is 0.0205. The van der Waals surface area contributed by atoms with Gasteiger partial charge < -0.3 is 15.8 Å². The third-order valence-electron chi connectivity index (χ3n) is 3.95. The molecule has 2 atom stereocenters. The molecule has 1 aromatic carbocycles. The molecule has 0 radical (unpaired) electrons. The van der Waals surface area contributed by atoms with Gasteiger partial charge in [-0.05, 0) is 44.4 Å². The summed E-state index contributed by atoms with van der Waals surface area (Å²) in [6.07, 6.45) is 1.64. The van der Waals surface area contributed by atoms with Crippen LogP contribution in [0.4, 0.5) is 0 Å². The van der Waals surface area contributed by atoms with Crippen molar-refractivity contribution in [2.75, 3.05) is 0 Å². The lowest BCUT2D eigenvalue weighted by Crippen LogP contribution is -2.41. The second kappa shape index (κ2) is 5.68. The van der Waals surface area contributed by atoms with Gasteiger partial charge in [0.25, 0.3) is 0 Å². The molecule has 1 aliphatic heterocycles. The van der Waals surface area contributed by atoms with E-state index in [9.17, 15) is 4.79 Å². The first kappa shape index (κ1) is 15.8. The molecule has 0 saturated heterocycles. The summed E-state index contributed by atoms with van der Waals surface area (Å²) in [6.45, 7) is 9.76. The standard InChI is InChI=1S/C17H26N2O2/c1-6-12-7-13(10(2)18)8-14-15(19-11(3)20)9-17(4,5)21-16(12)14/h7-8,10,15H,6,9,18H2,1-5H3,(H,19,20). The molecule has 1 aliphatic rings. The molecule has 4 nitrogen and oxygen atoms in total. The van der Waals surface area contributed by atoms with Gasteiger partial charge in [0.2, 0.25) is 5.91 Å². The van der Waals surface area contributed by atoms with Gasteiger partial charge in [0.1, 0.15) is 11.4 Å². The van der Waals surface area contributed by atoms with Gasteiger partial charge >= 0.3 is 0 Å². The van der Waals surface area contributed by atoms with Crippen LogP contribution in [0.3, 0.4) is 0 Å². The van der Waals surface area contributed by atoms with Gasteiger partial charge in [-0.25, -0.2) is 0 Å². The summed E-state index contributed by atoms with van der Waals surface area (Å²) in [5.41, 5.74) is 9.05. The molecule has 0 fully saturated rings. The quantitative estimate of drug-likeness (QED) is 0.899. The van der Waals surface area contributed by atoms with Crippen molar-refractivity contribution >= 4 is 5.91 Å². The fraction of sp³-hybridized carbons (Fsp3) is 0.588. The van der Waals surface area contributed by atoms with Gasteiger partial charge in [-0.2, -0.15) is 0 Å². The van der Waals surface area contributed by atoms with Crippen LogP contribution >= 0.6 is 0 Å². The Hall–Kier alpha value is -1.55. The van der Waals surface area contributed by atoms with Crippen molar-refractivity contribution in [3.05, 3.63) is 28.8 Å². The van der Waals surface area contributed by atoms with Crippen LogP contribution in [-0.4, -0.2) is 11.5 Å². The average Bonchev–Trinajstić information content (AvgIpc) is 2.35. The van der Waals surface area contributed by atoms with Crippen LogP contribution in [0.2, 0.25) is 0 Å². The fourth-order valence-electron chi connectivity index (χ4n) is 2.94. The second-order valence-electron chi connectivity index (χ2n) is 6.56. The van der Waals surface area contributed by atoms with Crippen LogP contribution in [0.1, 0.15) is 69.8 Å². The Kier molecular flexibility index (Phi) is 4.28. The van der Waals surface area contributed by atoms with E-state index in [0.29, 0.717) is 0 Å². The lowest BCUT2D eigenvalue weighted by molar-refractivity contribution is -0.120. The monoisotopic (exact) mass is 290 g/mol. The van der Waals surface area contributed by atoms with Crippen molar-refractivity contribution in [1.29, 1.82) is 0 Å². The molecule has 0 saturated carbocycles. The van der Waals surface area contributed by atoms with Gasteiger partial charge in [0.15, 0.2) is 0 Å². The lowest BCUT2D eigenvalue weighted by atomic mass is 9.86. The highest BCUT2D eigenvalue weighted by Crippen LogP contribution is 2.43. The first-order chi connectivity index (χ1) is 9.73. The summed E-state index contributed by atoms with van der Waals surface area (Å²) in [7, 11) is 0. The van der Waals surface area contributed by atoms with E-state index in [2.05, 4.69) is 38.2 Å². The van der Waals surface area contributed by atoms with Crippen molar-refractivity contribution < 1.29 is 9.53 Å². The maximum Gasteiger partial charge on any atom is 0.217 e. The number of amides is 1. The van der Waals surface area contributed by atoms with E-state index in [1.54, 1.807) is 6.92 Å². The summed E-state index contributed by atoms with van der Waals surface area (Å²) in [4.78, 5) is 11.5. The van der Waals surface area contributed by atoms with Gasteiger partial charge in [0, 0.05) is 24.9 Å². The van der Waals surface area contributed by atoms with E-state index < -0.39 is 0 Å². The van der Waals surface area contributed by atoms with Crippen molar-refractivity contribution in [3.8, 4) is 5.75 Å². The number of aryl methyl sites for hydroxylation is 1. The molecule has 2 unspecified atom stereocenters. The molecule has 0 aromatic heterocycles. The van der Waals surface area contributed by atoms with Crippen molar-refractivity contribution in [3.63, 3.8) is 0 Å². The highest BCUT2D eigenvalue weighted by Gasteiger charge is 2.35. The molecule has 2 rings (SSSR count). The zero-order valence-corrected chi connectivity index (χ0v) is 13.6. The molecule has 1 heterocycles. The number of carbonyl (C=O) groups is 1. The molecule has 1 amide bonds. The first-order valence-electron chi connectivity index (χ1n) is 7.62. The molecule has 3 N–H and O–H groups in total. The van der Waals surface area contributed by atoms with E-state index in [0.717, 1.165) is 35.3 Å². The summed E-state index contributed by atoms with van der Waals surface area (Å²) < 4.78 is 6.20. The number of ether oxygens (including phenoxy) is 1. The molecule has 21 heavy (non-hydrogen) atoms. The number of fused-ring (bicyclic) bond motifs is 1. The molecule has 1 aromatic rings. The van der Waals surface area contributed by atoms with Crippen molar-refractivity contribution in [2.24, 2.45) is 5.73 Å². The second-order valence-corrected chi connectivity index (χ2v) is 6.56. The molecular weight excluding hydrogens is 264 g/mol. The van der Waals surface area contributed by atoms with Crippen molar-refractivity contribution in [1.82, 2.24) is 5.32 Å². The molecule has 0 spiro atoms. The molecular formula is C17H26N2O2. The zero-order chi connectivity index (χ0) is 15.8. The molecule has 116 valence electrons. The predicted octanol–water partition coefficient (Wildman–Crippen LogP) is 3.01. The third-order valence-corrected chi connectivity index (χ3v) is 3.95. The Bertz CT molecular complexity index is 550. The number of nitrogens with two attached hydrogens (primary N) is 1. The van der Waals surface area contributed by atoms with E-state index in [-0.39, 0.29) is 23.6 Å². The number of nitrogens with one attached hydrogen (secondary N) is 1. The summed E-state index contributed by atoms with van der Waals surface area (Å²) in [5, 5.41) is 3.05. The Balaban J connectivity index is 2.57. The van der Waals surface area contributed by atoms with Crippen LogP contribution in [0.5, 0.6) is 5.75 Å². The third kappa shape index (κ3) is 3.38. The lowest BCUT2D eigenvalue weighted by Gasteiger charge is -2.39. The van der Waals surface area contributed by atoms with Crippen LogP contribution in [0, 0.1) is 0 Å². The topological polar surface area (TPSA) is 64.3 Å². The Morgan fingerprint density at radius 2 is 2.19 bits per heavy atom. The number of hydrogen-bond donors (Lipinski definition) is 2. The largest absolute Gasteiger partial charge is 0.487 e. The summed E-state index contributed by atoms with van der Waals surface area (Å²) in [6, 6.07) is 4.14. The summed E-state index contributed by atoms with van der Waals surface area (Å²) >= 11 is 0. The van der Waals surface area contributed by atoms with E-state index >= 15 is 0 Å². The fourth-order valence-corrected chi connectivity index (χ4v) is 2.94. The van der Waals surface area contributed by atoms with Gasteiger partial charge in [-0.3, -0.25) is 4.79 Å². The van der Waals surface area contributed by atoms with Crippen LogP contribution in [0.25, 0.3) is 0 Å². The molecule has 0 aliphatic carbocycles. The SMILES string of the molecule is CCc1cc(C(C)N)cc2c1OC(C)(C)CC2NC(C)=O. The zero-order valence-electron chi connectivity index (χ0n) is 13.6. The number of carbonyl (C=O) groups excluding carboxylic acids is 1. The van der Waals surface area contributed by atoms with Crippen LogP contribution < -0.4 is 15.8 Å². The number of hydrogen-bond acceptors (Lipinski definition) is 3. The maximum atomic E-state index is 11.5. The molecule has 4 heteroatoms. The maximum absolute atomic E-state index is 11.5. The number of rotatable bonds is 3. The Morgan fingerprint density at radius 3 is 2.71 bits per heavy atom. The minimum Gasteiger partial charge on any atom is -0.487 e. The predicted molar refractivity (Wildman–Crippen MR) is 84.3 cm³/mol. The van der Waals surface area contributed by atoms with Crippen molar-refractivity contribution in [2.45, 2.75) is 65.1 Å². The first-order valence-corrected chi connectivity index (χ1v) is 7.62. The Morgan fingerprint density at radius 1 is 1.52 bits per heavy atom. The average molecular weight is 290 g/mol. The van der Waals surface area contributed by atoms with Crippen LogP contribution in [-0.2, 0) is 11.2 Å². The van der Waals surface area contributed by atoms with E-state index in [4.69, 9.17) is 10.5 Å². The minimum atomic E-state index is -0.292. The highest BCUT2D eigenvalue weighted by molar-refractivity contribution is 5.73. The summed E-state index contributed by atoms with van der Waals surface area (Å²) in [5.74, 6) is 0.893. The van der Waals surface area contributed by atoms with Gasteiger partial charge in [-0.15, -0.1) is 0 Å². The Labute approximate surface area is 127 Å². The van der Waals surface area contributed by atoms with E-state index in [1.807, 2.05) is 6.92 Å². The van der Waals surface area contributed by atoms with E-state index in [1.165, 1.54) is 0 Å². The molecule has 0 bridgehead atoms. The van der Waals surface area contributed by atoms with Gasteiger partial charge in [0.05, 0.1) is 6.04 Å². The smallest absolute Gasteiger partial charge is 0.217 e.